The molecule has 2 rings (SSSR count). The second-order valence-electron chi connectivity index (χ2n) is 5.06. The number of nitrogens with one attached hydrogen (secondary N) is 2. The zero-order chi connectivity index (χ0) is 16.7. The Labute approximate surface area is 136 Å². The predicted molar refractivity (Wildman–Crippen MR) is 91.2 cm³/mol. The first-order chi connectivity index (χ1) is 11.2. The SMILES string of the molecule is CC[C@H](NC(=O)Nc1cccc(OC)c1)c1ccc(OC)cc1. The summed E-state index contributed by atoms with van der Waals surface area (Å²) in [4.78, 5) is 12.2. The Morgan fingerprint density at radius 3 is 2.35 bits per heavy atom. The van der Waals surface area contributed by atoms with E-state index in [2.05, 4.69) is 10.6 Å². The van der Waals surface area contributed by atoms with E-state index in [0.717, 1.165) is 17.7 Å². The Morgan fingerprint density at radius 1 is 1.04 bits per heavy atom. The van der Waals surface area contributed by atoms with E-state index in [1.54, 1.807) is 20.3 Å². The number of hydrogen-bond acceptors (Lipinski definition) is 3. The van der Waals surface area contributed by atoms with Crippen molar-refractivity contribution in [1.29, 1.82) is 0 Å². The molecule has 5 heteroatoms. The maximum atomic E-state index is 12.2. The molecule has 0 aliphatic heterocycles. The molecule has 0 aromatic heterocycles. The number of rotatable bonds is 6. The van der Waals surface area contributed by atoms with Crippen molar-refractivity contribution in [1.82, 2.24) is 5.32 Å². The Balaban J connectivity index is 2.01. The lowest BCUT2D eigenvalue weighted by Crippen LogP contribution is -2.32. The van der Waals surface area contributed by atoms with Crippen LogP contribution in [0.25, 0.3) is 0 Å². The van der Waals surface area contributed by atoms with Crippen LogP contribution >= 0.6 is 0 Å². The number of ether oxygens (including phenoxy) is 2. The molecule has 0 saturated heterocycles. The molecule has 0 aliphatic rings. The van der Waals surface area contributed by atoms with E-state index in [1.807, 2.05) is 49.4 Å². The van der Waals surface area contributed by atoms with Crippen LogP contribution in [0.2, 0.25) is 0 Å². The van der Waals surface area contributed by atoms with Crippen LogP contribution in [0.15, 0.2) is 48.5 Å². The zero-order valence-corrected chi connectivity index (χ0v) is 13.6. The molecule has 0 fully saturated rings. The van der Waals surface area contributed by atoms with Gasteiger partial charge in [-0.25, -0.2) is 4.79 Å². The third kappa shape index (κ3) is 4.64. The molecule has 2 aromatic carbocycles. The highest BCUT2D eigenvalue weighted by Crippen LogP contribution is 2.21. The maximum Gasteiger partial charge on any atom is 0.319 e. The summed E-state index contributed by atoms with van der Waals surface area (Å²) in [7, 11) is 3.22. The number of amides is 2. The summed E-state index contributed by atoms with van der Waals surface area (Å²) in [6.07, 6.45) is 0.790. The van der Waals surface area contributed by atoms with Crippen LogP contribution < -0.4 is 20.1 Å². The minimum atomic E-state index is -0.249. The molecule has 0 aliphatic carbocycles. The van der Waals surface area contributed by atoms with E-state index in [0.29, 0.717) is 11.4 Å². The van der Waals surface area contributed by atoms with Crippen molar-refractivity contribution in [3.05, 3.63) is 54.1 Å². The van der Waals surface area contributed by atoms with Gasteiger partial charge >= 0.3 is 6.03 Å². The first-order valence-electron chi connectivity index (χ1n) is 7.51. The number of anilines is 1. The molecule has 1 atom stereocenters. The standard InChI is InChI=1S/C18H22N2O3/c1-4-17(13-8-10-15(22-2)11-9-13)20-18(21)19-14-6-5-7-16(12-14)23-3/h5-12,17H,4H2,1-3H3,(H2,19,20,21)/t17-/m0/s1. The van der Waals surface area contributed by atoms with Crippen LogP contribution in [0.4, 0.5) is 10.5 Å². The lowest BCUT2D eigenvalue weighted by atomic mass is 10.0. The fourth-order valence-electron chi connectivity index (χ4n) is 2.28. The normalized spacial score (nSPS) is 11.4. The van der Waals surface area contributed by atoms with Gasteiger partial charge in [0.15, 0.2) is 0 Å². The lowest BCUT2D eigenvalue weighted by Gasteiger charge is -2.18. The van der Waals surface area contributed by atoms with Crippen LogP contribution in [0.1, 0.15) is 24.9 Å². The lowest BCUT2D eigenvalue weighted by molar-refractivity contribution is 0.248. The third-order valence-corrected chi connectivity index (χ3v) is 3.56. The second-order valence-corrected chi connectivity index (χ2v) is 5.06. The Kier molecular flexibility index (Phi) is 5.86. The van der Waals surface area contributed by atoms with Gasteiger partial charge in [0.25, 0.3) is 0 Å². The van der Waals surface area contributed by atoms with Crippen molar-refractivity contribution in [2.75, 3.05) is 19.5 Å². The molecule has 0 bridgehead atoms. The average molecular weight is 314 g/mol. The van der Waals surface area contributed by atoms with Crippen LogP contribution in [-0.2, 0) is 0 Å². The Morgan fingerprint density at radius 2 is 1.74 bits per heavy atom. The van der Waals surface area contributed by atoms with Crippen molar-refractivity contribution < 1.29 is 14.3 Å². The number of urea groups is 1. The largest absolute Gasteiger partial charge is 0.497 e. The minimum absolute atomic E-state index is 0.0634. The van der Waals surface area contributed by atoms with Gasteiger partial charge in [-0.1, -0.05) is 25.1 Å². The van der Waals surface area contributed by atoms with Crippen LogP contribution in [-0.4, -0.2) is 20.3 Å². The van der Waals surface area contributed by atoms with Gasteiger partial charge in [-0.2, -0.15) is 0 Å². The molecule has 122 valence electrons. The highest BCUT2D eigenvalue weighted by Gasteiger charge is 2.13. The van der Waals surface area contributed by atoms with Crippen LogP contribution in [0.3, 0.4) is 0 Å². The van der Waals surface area contributed by atoms with Crippen molar-refractivity contribution in [3.63, 3.8) is 0 Å². The summed E-state index contributed by atoms with van der Waals surface area (Å²) < 4.78 is 10.3. The molecule has 23 heavy (non-hydrogen) atoms. The quantitative estimate of drug-likeness (QED) is 0.848. The minimum Gasteiger partial charge on any atom is -0.497 e. The molecule has 0 saturated carbocycles. The van der Waals surface area contributed by atoms with E-state index in [-0.39, 0.29) is 12.1 Å². The van der Waals surface area contributed by atoms with Gasteiger partial charge in [0.2, 0.25) is 0 Å². The molecule has 0 radical (unpaired) electrons. The van der Waals surface area contributed by atoms with Gasteiger partial charge in [0, 0.05) is 11.8 Å². The van der Waals surface area contributed by atoms with Crippen molar-refractivity contribution in [2.45, 2.75) is 19.4 Å². The van der Waals surface area contributed by atoms with E-state index in [9.17, 15) is 4.79 Å². The first kappa shape index (κ1) is 16.7. The first-order valence-corrected chi connectivity index (χ1v) is 7.51. The molecule has 2 N–H and O–H groups in total. The van der Waals surface area contributed by atoms with E-state index in [4.69, 9.17) is 9.47 Å². The van der Waals surface area contributed by atoms with Crippen LogP contribution in [0, 0.1) is 0 Å². The average Bonchev–Trinajstić information content (AvgIpc) is 2.60. The summed E-state index contributed by atoms with van der Waals surface area (Å²) >= 11 is 0. The van der Waals surface area contributed by atoms with Crippen molar-refractivity contribution in [2.24, 2.45) is 0 Å². The van der Waals surface area contributed by atoms with Gasteiger partial charge in [0.05, 0.1) is 20.3 Å². The molecule has 0 spiro atoms. The molecule has 2 aromatic rings. The van der Waals surface area contributed by atoms with E-state index < -0.39 is 0 Å². The highest BCUT2D eigenvalue weighted by atomic mass is 16.5. The summed E-state index contributed by atoms with van der Waals surface area (Å²) in [5.74, 6) is 1.49. The predicted octanol–water partition coefficient (Wildman–Crippen LogP) is 3.98. The highest BCUT2D eigenvalue weighted by molar-refractivity contribution is 5.89. The third-order valence-electron chi connectivity index (χ3n) is 3.56. The van der Waals surface area contributed by atoms with E-state index in [1.165, 1.54) is 0 Å². The molecule has 0 heterocycles. The summed E-state index contributed by atoms with van der Waals surface area (Å²) in [6, 6.07) is 14.6. The Bertz CT molecular complexity index is 641. The summed E-state index contributed by atoms with van der Waals surface area (Å²) in [6.45, 7) is 2.03. The monoisotopic (exact) mass is 314 g/mol. The molecule has 0 unspecified atom stereocenters. The maximum absolute atomic E-state index is 12.2. The van der Waals surface area contributed by atoms with Gasteiger partial charge in [-0.15, -0.1) is 0 Å². The second kappa shape index (κ2) is 8.08. The van der Waals surface area contributed by atoms with Gasteiger partial charge in [-0.05, 0) is 36.2 Å². The molecule has 2 amide bonds. The summed E-state index contributed by atoms with van der Waals surface area (Å²) in [5.41, 5.74) is 1.72. The fourth-order valence-corrected chi connectivity index (χ4v) is 2.28. The topological polar surface area (TPSA) is 59.6 Å². The number of carbonyl (C=O) groups excluding carboxylic acids is 1. The van der Waals surface area contributed by atoms with Gasteiger partial charge in [-0.3, -0.25) is 0 Å². The number of benzene rings is 2. The number of hydrogen-bond donors (Lipinski definition) is 2. The van der Waals surface area contributed by atoms with Crippen LogP contribution in [0.5, 0.6) is 11.5 Å². The zero-order valence-electron chi connectivity index (χ0n) is 13.6. The van der Waals surface area contributed by atoms with Crippen molar-refractivity contribution in [3.8, 4) is 11.5 Å². The fraction of sp³-hybridized carbons (Fsp3) is 0.278. The molecular formula is C18H22N2O3. The smallest absolute Gasteiger partial charge is 0.319 e. The summed E-state index contributed by atoms with van der Waals surface area (Å²) in [5, 5.41) is 5.79. The Hall–Kier alpha value is -2.69. The number of carbonyl (C=O) groups is 1. The van der Waals surface area contributed by atoms with Crippen molar-refractivity contribution >= 4 is 11.7 Å². The van der Waals surface area contributed by atoms with E-state index >= 15 is 0 Å². The van der Waals surface area contributed by atoms with Gasteiger partial charge in [0.1, 0.15) is 11.5 Å². The molecular weight excluding hydrogens is 292 g/mol. The number of methoxy groups -OCH3 is 2. The van der Waals surface area contributed by atoms with Gasteiger partial charge < -0.3 is 20.1 Å². The molecule has 5 nitrogen and oxygen atoms in total.